The number of hydrogen-bond donors (Lipinski definition) is 4. The summed E-state index contributed by atoms with van der Waals surface area (Å²) in [5, 5.41) is 21.7. The SMILES string of the molecule is C/C(=N\N=C(N)N)c1ccc(NC(=O)c2cc3cc([N+](=O)[O-])ccc3[nH]2)cc1. The third kappa shape index (κ3) is 4.12. The van der Waals surface area contributed by atoms with E-state index in [9.17, 15) is 14.9 Å². The second kappa shape index (κ2) is 7.58. The molecule has 10 heteroatoms. The zero-order valence-electron chi connectivity index (χ0n) is 14.8. The highest BCUT2D eigenvalue weighted by molar-refractivity contribution is 6.06. The molecule has 1 aromatic heterocycles. The molecule has 28 heavy (non-hydrogen) atoms. The molecule has 0 aliphatic heterocycles. The predicted octanol–water partition coefficient (Wildman–Crippen LogP) is 2.33. The zero-order chi connectivity index (χ0) is 20.3. The summed E-state index contributed by atoms with van der Waals surface area (Å²) in [4.78, 5) is 25.8. The minimum absolute atomic E-state index is 0.0354. The molecular formula is C18H17N7O3. The molecule has 6 N–H and O–H groups in total. The topological polar surface area (TPSA) is 165 Å². The minimum Gasteiger partial charge on any atom is -0.369 e. The summed E-state index contributed by atoms with van der Waals surface area (Å²) in [6, 6.07) is 12.9. The Bertz CT molecular complexity index is 1110. The van der Waals surface area contributed by atoms with Gasteiger partial charge in [0, 0.05) is 28.7 Å². The Hall–Kier alpha value is -4.21. The molecule has 2 aromatic carbocycles. The Labute approximate surface area is 159 Å². The molecule has 1 amide bonds. The number of fused-ring (bicyclic) bond motifs is 1. The van der Waals surface area contributed by atoms with Crippen molar-refractivity contribution in [3.63, 3.8) is 0 Å². The van der Waals surface area contributed by atoms with Crippen molar-refractivity contribution in [1.29, 1.82) is 0 Å². The van der Waals surface area contributed by atoms with Gasteiger partial charge in [-0.05, 0) is 36.8 Å². The average Bonchev–Trinajstić information content (AvgIpc) is 3.10. The molecule has 0 unspecified atom stereocenters. The number of carbonyl (C=O) groups is 1. The molecule has 1 heterocycles. The number of benzene rings is 2. The van der Waals surface area contributed by atoms with Crippen LogP contribution in [0.2, 0.25) is 0 Å². The number of amides is 1. The maximum absolute atomic E-state index is 12.5. The average molecular weight is 379 g/mol. The first-order valence-corrected chi connectivity index (χ1v) is 8.15. The van der Waals surface area contributed by atoms with Gasteiger partial charge in [-0.2, -0.15) is 5.10 Å². The molecule has 3 aromatic rings. The van der Waals surface area contributed by atoms with Gasteiger partial charge in [-0.25, -0.2) is 0 Å². The molecule has 0 radical (unpaired) electrons. The second-order valence-electron chi connectivity index (χ2n) is 5.95. The Kier molecular flexibility index (Phi) is 5.03. The molecule has 0 saturated carbocycles. The number of aromatic nitrogens is 1. The number of aromatic amines is 1. The third-order valence-electron chi connectivity index (χ3n) is 3.94. The first-order chi connectivity index (χ1) is 13.3. The number of non-ortho nitro benzene ring substituents is 1. The van der Waals surface area contributed by atoms with Crippen molar-refractivity contribution < 1.29 is 9.72 Å². The smallest absolute Gasteiger partial charge is 0.272 e. The fourth-order valence-electron chi connectivity index (χ4n) is 2.54. The second-order valence-corrected chi connectivity index (χ2v) is 5.95. The number of nitro benzene ring substituents is 1. The highest BCUT2D eigenvalue weighted by Crippen LogP contribution is 2.22. The highest BCUT2D eigenvalue weighted by atomic mass is 16.6. The van der Waals surface area contributed by atoms with E-state index >= 15 is 0 Å². The Morgan fingerprint density at radius 2 is 1.82 bits per heavy atom. The van der Waals surface area contributed by atoms with Gasteiger partial charge in [0.1, 0.15) is 5.69 Å². The van der Waals surface area contributed by atoms with Crippen LogP contribution in [0, 0.1) is 10.1 Å². The van der Waals surface area contributed by atoms with Crippen LogP contribution in [-0.2, 0) is 0 Å². The van der Waals surface area contributed by atoms with Crippen molar-refractivity contribution in [1.82, 2.24) is 4.98 Å². The number of anilines is 1. The fraction of sp³-hybridized carbons (Fsp3) is 0.0556. The lowest BCUT2D eigenvalue weighted by Gasteiger charge is -2.05. The maximum atomic E-state index is 12.5. The number of hydrogen-bond acceptors (Lipinski definition) is 5. The van der Waals surface area contributed by atoms with Gasteiger partial charge in [0.05, 0.1) is 10.6 Å². The standard InChI is InChI=1S/C18H17N7O3/c1-10(23-24-18(19)20)11-2-4-13(5-3-11)21-17(26)16-9-12-8-14(25(27)28)6-7-15(12)22-16/h2-9,22H,1H3,(H,21,26)(H4,19,20,24)/b23-10+. The Morgan fingerprint density at radius 1 is 1.11 bits per heavy atom. The molecule has 0 aliphatic rings. The molecule has 0 bridgehead atoms. The van der Waals surface area contributed by atoms with Crippen molar-refractivity contribution in [3.05, 3.63) is 69.9 Å². The van der Waals surface area contributed by atoms with E-state index in [1.165, 1.54) is 12.1 Å². The first-order valence-electron chi connectivity index (χ1n) is 8.15. The van der Waals surface area contributed by atoms with Gasteiger partial charge in [0.25, 0.3) is 11.6 Å². The molecule has 10 nitrogen and oxygen atoms in total. The zero-order valence-corrected chi connectivity index (χ0v) is 14.8. The summed E-state index contributed by atoms with van der Waals surface area (Å²) in [5.74, 6) is -0.496. The van der Waals surface area contributed by atoms with Crippen LogP contribution in [-0.4, -0.2) is 27.5 Å². The molecule has 0 spiro atoms. The van der Waals surface area contributed by atoms with Gasteiger partial charge in [-0.15, -0.1) is 5.10 Å². The van der Waals surface area contributed by atoms with Crippen molar-refractivity contribution in [2.24, 2.45) is 21.7 Å². The van der Waals surface area contributed by atoms with Crippen molar-refractivity contribution in [3.8, 4) is 0 Å². The quantitative estimate of drug-likeness (QED) is 0.231. The molecular weight excluding hydrogens is 362 g/mol. The third-order valence-corrected chi connectivity index (χ3v) is 3.94. The number of guanidine groups is 1. The summed E-state index contributed by atoms with van der Waals surface area (Å²) in [5.41, 5.74) is 13.4. The highest BCUT2D eigenvalue weighted by Gasteiger charge is 2.13. The van der Waals surface area contributed by atoms with Crippen LogP contribution in [0.25, 0.3) is 10.9 Å². The van der Waals surface area contributed by atoms with E-state index in [1.807, 2.05) is 0 Å². The van der Waals surface area contributed by atoms with Crippen LogP contribution in [0.3, 0.4) is 0 Å². The Balaban J connectivity index is 1.76. The van der Waals surface area contributed by atoms with E-state index in [0.717, 1.165) is 5.56 Å². The van der Waals surface area contributed by atoms with E-state index in [4.69, 9.17) is 11.5 Å². The number of rotatable bonds is 5. The minimum atomic E-state index is -0.480. The van der Waals surface area contributed by atoms with Crippen molar-refractivity contribution in [2.45, 2.75) is 6.92 Å². The fourth-order valence-corrected chi connectivity index (χ4v) is 2.54. The lowest BCUT2D eigenvalue weighted by Crippen LogP contribution is -2.22. The summed E-state index contributed by atoms with van der Waals surface area (Å²) in [6.45, 7) is 1.75. The van der Waals surface area contributed by atoms with Gasteiger partial charge in [-0.3, -0.25) is 14.9 Å². The number of nitro groups is 1. The Morgan fingerprint density at radius 3 is 2.46 bits per heavy atom. The van der Waals surface area contributed by atoms with Gasteiger partial charge >= 0.3 is 0 Å². The van der Waals surface area contributed by atoms with Crippen LogP contribution in [0.1, 0.15) is 23.0 Å². The number of H-pyrrole nitrogens is 1. The van der Waals surface area contributed by atoms with Gasteiger partial charge in [0.15, 0.2) is 0 Å². The van der Waals surface area contributed by atoms with Crippen molar-refractivity contribution in [2.75, 3.05) is 5.32 Å². The normalized spacial score (nSPS) is 11.2. The molecule has 0 saturated heterocycles. The first kappa shape index (κ1) is 18.6. The molecule has 0 aliphatic carbocycles. The summed E-state index contributed by atoms with van der Waals surface area (Å²) in [6.07, 6.45) is 0. The lowest BCUT2D eigenvalue weighted by atomic mass is 10.1. The van der Waals surface area contributed by atoms with Gasteiger partial charge in [-0.1, -0.05) is 12.1 Å². The van der Waals surface area contributed by atoms with Crippen LogP contribution in [0.4, 0.5) is 11.4 Å². The summed E-state index contributed by atoms with van der Waals surface area (Å²) in [7, 11) is 0. The number of nitrogens with one attached hydrogen (secondary N) is 2. The summed E-state index contributed by atoms with van der Waals surface area (Å²) < 4.78 is 0. The van der Waals surface area contributed by atoms with E-state index < -0.39 is 4.92 Å². The molecule has 0 fully saturated rings. The number of nitrogens with two attached hydrogens (primary N) is 2. The van der Waals surface area contributed by atoms with E-state index in [0.29, 0.717) is 28.0 Å². The molecule has 3 rings (SSSR count). The van der Waals surface area contributed by atoms with Crippen LogP contribution in [0.15, 0.2) is 58.7 Å². The van der Waals surface area contributed by atoms with E-state index in [-0.39, 0.29) is 17.6 Å². The number of nitrogens with zero attached hydrogens (tertiary/aromatic N) is 3. The summed E-state index contributed by atoms with van der Waals surface area (Å²) >= 11 is 0. The largest absolute Gasteiger partial charge is 0.369 e. The van der Waals surface area contributed by atoms with Crippen LogP contribution < -0.4 is 16.8 Å². The predicted molar refractivity (Wildman–Crippen MR) is 107 cm³/mol. The van der Waals surface area contributed by atoms with Crippen LogP contribution in [0.5, 0.6) is 0 Å². The van der Waals surface area contributed by atoms with E-state index in [1.54, 1.807) is 43.3 Å². The maximum Gasteiger partial charge on any atom is 0.272 e. The van der Waals surface area contributed by atoms with Gasteiger partial charge < -0.3 is 21.8 Å². The molecule has 142 valence electrons. The van der Waals surface area contributed by atoms with Crippen LogP contribution >= 0.6 is 0 Å². The molecule has 0 atom stereocenters. The number of carbonyl (C=O) groups excluding carboxylic acids is 1. The van der Waals surface area contributed by atoms with Crippen molar-refractivity contribution >= 4 is 39.9 Å². The van der Waals surface area contributed by atoms with Gasteiger partial charge in [0.2, 0.25) is 5.96 Å². The van der Waals surface area contributed by atoms with E-state index in [2.05, 4.69) is 20.5 Å². The monoisotopic (exact) mass is 379 g/mol. The lowest BCUT2D eigenvalue weighted by molar-refractivity contribution is -0.384.